The third-order valence-corrected chi connectivity index (χ3v) is 5.82. The first-order chi connectivity index (χ1) is 10.3. The highest BCUT2D eigenvalue weighted by Gasteiger charge is 2.55. The zero-order valence-corrected chi connectivity index (χ0v) is 14.1. The van der Waals surface area contributed by atoms with Crippen LogP contribution in [0, 0.1) is 11.3 Å². The van der Waals surface area contributed by atoms with Crippen LogP contribution >= 0.6 is 0 Å². The van der Waals surface area contributed by atoms with E-state index in [1.165, 1.54) is 51.4 Å². The molecule has 2 aliphatic rings. The highest BCUT2D eigenvalue weighted by Crippen LogP contribution is 2.53. The van der Waals surface area contributed by atoms with Crippen LogP contribution in [-0.2, 0) is 4.74 Å². The average molecular weight is 297 g/mol. The van der Waals surface area contributed by atoms with Crippen LogP contribution in [-0.4, -0.2) is 37.0 Å². The number of nitrogens with one attached hydrogen (secondary N) is 1. The summed E-state index contributed by atoms with van der Waals surface area (Å²) in [7, 11) is 0. The van der Waals surface area contributed by atoms with Crippen LogP contribution < -0.4 is 5.32 Å². The summed E-state index contributed by atoms with van der Waals surface area (Å²) in [5, 5.41) is 13.1. The fraction of sp³-hybridized carbons (Fsp3) is 1.00. The summed E-state index contributed by atoms with van der Waals surface area (Å²) in [5.41, 5.74) is 0.421. The molecule has 0 aromatic heterocycles. The van der Waals surface area contributed by atoms with E-state index in [0.29, 0.717) is 30.1 Å². The largest absolute Gasteiger partial charge is 0.396 e. The van der Waals surface area contributed by atoms with E-state index in [9.17, 15) is 5.11 Å². The molecule has 2 fully saturated rings. The van der Waals surface area contributed by atoms with Crippen LogP contribution in [0.1, 0.15) is 71.6 Å². The molecule has 0 aliphatic heterocycles. The maximum Gasteiger partial charge on any atom is 0.0661 e. The lowest BCUT2D eigenvalue weighted by Gasteiger charge is -2.58. The topological polar surface area (TPSA) is 41.5 Å². The fourth-order valence-corrected chi connectivity index (χ4v) is 4.60. The number of hydrogen-bond acceptors (Lipinski definition) is 3. The first-order valence-electron chi connectivity index (χ1n) is 9.22. The number of ether oxygens (including phenoxy) is 1. The highest BCUT2D eigenvalue weighted by atomic mass is 16.5. The van der Waals surface area contributed by atoms with Gasteiger partial charge >= 0.3 is 0 Å². The maximum absolute atomic E-state index is 9.21. The quantitative estimate of drug-likeness (QED) is 0.684. The normalized spacial score (nSPS) is 29.3. The molecule has 0 bridgehead atoms. The van der Waals surface area contributed by atoms with Gasteiger partial charge in [0.25, 0.3) is 0 Å². The number of aliphatic hydroxyl groups excluding tert-OH is 1. The lowest BCUT2D eigenvalue weighted by molar-refractivity contribution is -0.150. The summed E-state index contributed by atoms with van der Waals surface area (Å²) < 4.78 is 6.02. The lowest BCUT2D eigenvalue weighted by atomic mass is 9.55. The molecule has 2 rings (SSSR count). The second kappa shape index (κ2) is 8.50. The lowest BCUT2D eigenvalue weighted by Crippen LogP contribution is -2.65. The summed E-state index contributed by atoms with van der Waals surface area (Å²) in [4.78, 5) is 0. The van der Waals surface area contributed by atoms with Crippen molar-refractivity contribution in [1.82, 2.24) is 5.32 Å². The number of aliphatic hydroxyl groups is 1. The predicted octanol–water partition coefficient (Wildman–Crippen LogP) is 3.50. The van der Waals surface area contributed by atoms with Gasteiger partial charge in [0.15, 0.2) is 0 Å². The van der Waals surface area contributed by atoms with Crippen LogP contribution in [0.4, 0.5) is 0 Å². The average Bonchev–Trinajstić information content (AvgIpc) is 2.51. The van der Waals surface area contributed by atoms with Crippen LogP contribution in [0.25, 0.3) is 0 Å². The molecule has 0 heterocycles. The van der Waals surface area contributed by atoms with E-state index in [1.54, 1.807) is 0 Å². The Balaban J connectivity index is 1.87. The van der Waals surface area contributed by atoms with E-state index in [-0.39, 0.29) is 0 Å². The van der Waals surface area contributed by atoms with Crippen molar-refractivity contribution < 1.29 is 9.84 Å². The summed E-state index contributed by atoms with van der Waals surface area (Å²) in [6.07, 6.45) is 11.9. The second-order valence-corrected chi connectivity index (χ2v) is 7.10. The molecule has 2 aliphatic carbocycles. The summed E-state index contributed by atoms with van der Waals surface area (Å²) in [5.74, 6) is 0.631. The molecular formula is C18H35NO2. The molecule has 0 aromatic carbocycles. The minimum atomic E-state index is 0.323. The Morgan fingerprint density at radius 3 is 2.57 bits per heavy atom. The Labute approximate surface area is 130 Å². The van der Waals surface area contributed by atoms with Gasteiger partial charge in [-0.25, -0.2) is 0 Å². The van der Waals surface area contributed by atoms with Crippen LogP contribution in [0.5, 0.6) is 0 Å². The predicted molar refractivity (Wildman–Crippen MR) is 87.4 cm³/mol. The molecule has 0 aromatic rings. The van der Waals surface area contributed by atoms with Gasteiger partial charge in [-0.05, 0) is 51.5 Å². The SMILES string of the molecule is CCCC(CCO)CNC1CC(OCC)C12CCCCC2. The van der Waals surface area contributed by atoms with Gasteiger partial charge in [0.1, 0.15) is 0 Å². The van der Waals surface area contributed by atoms with Crippen molar-refractivity contribution in [3.63, 3.8) is 0 Å². The number of hydrogen-bond donors (Lipinski definition) is 2. The molecule has 0 amide bonds. The van der Waals surface area contributed by atoms with Gasteiger partial charge in [0.2, 0.25) is 0 Å². The minimum absolute atomic E-state index is 0.323. The van der Waals surface area contributed by atoms with Gasteiger partial charge < -0.3 is 15.2 Å². The first-order valence-corrected chi connectivity index (χ1v) is 9.22. The van der Waals surface area contributed by atoms with E-state index in [0.717, 1.165) is 19.6 Å². The Kier molecular flexibility index (Phi) is 6.97. The maximum atomic E-state index is 9.21. The summed E-state index contributed by atoms with van der Waals surface area (Å²) in [6, 6.07) is 0.646. The molecule has 1 spiro atoms. The van der Waals surface area contributed by atoms with Crippen molar-refractivity contribution in [2.45, 2.75) is 83.8 Å². The standard InChI is InChI=1S/C18H35NO2/c1-3-8-15(9-12-20)14-19-16-13-17(21-4-2)18(16)10-6-5-7-11-18/h15-17,19-20H,3-14H2,1-2H3. The van der Waals surface area contributed by atoms with Gasteiger partial charge in [-0.1, -0.05) is 32.6 Å². The zero-order chi connectivity index (χ0) is 15.1. The third-order valence-electron chi connectivity index (χ3n) is 5.82. The van der Waals surface area contributed by atoms with Crippen molar-refractivity contribution >= 4 is 0 Å². The molecule has 2 saturated carbocycles. The molecule has 3 atom stereocenters. The van der Waals surface area contributed by atoms with Gasteiger partial charge in [0.05, 0.1) is 6.10 Å². The summed E-state index contributed by atoms with van der Waals surface area (Å²) in [6.45, 7) is 6.60. The molecule has 3 nitrogen and oxygen atoms in total. The Morgan fingerprint density at radius 1 is 1.19 bits per heavy atom. The van der Waals surface area contributed by atoms with Gasteiger partial charge in [-0.15, -0.1) is 0 Å². The van der Waals surface area contributed by atoms with Crippen molar-refractivity contribution in [3.05, 3.63) is 0 Å². The molecule has 21 heavy (non-hydrogen) atoms. The van der Waals surface area contributed by atoms with Gasteiger partial charge in [-0.2, -0.15) is 0 Å². The minimum Gasteiger partial charge on any atom is -0.396 e. The van der Waals surface area contributed by atoms with Crippen molar-refractivity contribution in [2.24, 2.45) is 11.3 Å². The van der Waals surface area contributed by atoms with E-state index in [1.807, 2.05) is 0 Å². The second-order valence-electron chi connectivity index (χ2n) is 7.10. The van der Waals surface area contributed by atoms with Crippen LogP contribution in [0.3, 0.4) is 0 Å². The Hall–Kier alpha value is -0.120. The monoisotopic (exact) mass is 297 g/mol. The summed E-state index contributed by atoms with van der Waals surface area (Å²) >= 11 is 0. The van der Waals surface area contributed by atoms with Crippen molar-refractivity contribution in [3.8, 4) is 0 Å². The molecule has 124 valence electrons. The molecule has 0 saturated heterocycles. The van der Waals surface area contributed by atoms with Crippen molar-refractivity contribution in [1.29, 1.82) is 0 Å². The molecular weight excluding hydrogens is 262 g/mol. The molecule has 2 N–H and O–H groups in total. The van der Waals surface area contributed by atoms with Gasteiger partial charge in [-0.3, -0.25) is 0 Å². The van der Waals surface area contributed by atoms with E-state index >= 15 is 0 Å². The Morgan fingerprint density at radius 2 is 1.95 bits per heavy atom. The molecule has 3 heteroatoms. The van der Waals surface area contributed by atoms with Crippen molar-refractivity contribution in [2.75, 3.05) is 19.8 Å². The van der Waals surface area contributed by atoms with E-state index < -0.39 is 0 Å². The zero-order valence-electron chi connectivity index (χ0n) is 14.1. The van der Waals surface area contributed by atoms with Crippen LogP contribution in [0.2, 0.25) is 0 Å². The van der Waals surface area contributed by atoms with Crippen LogP contribution in [0.15, 0.2) is 0 Å². The molecule has 3 unspecified atom stereocenters. The Bertz CT molecular complexity index is 283. The van der Waals surface area contributed by atoms with E-state index in [4.69, 9.17) is 4.74 Å². The first kappa shape index (κ1) is 17.2. The number of rotatable bonds is 9. The van der Waals surface area contributed by atoms with Gasteiger partial charge in [0, 0.05) is 24.7 Å². The molecule has 0 radical (unpaired) electrons. The highest BCUT2D eigenvalue weighted by molar-refractivity contribution is 5.09. The third kappa shape index (κ3) is 4.00. The fourth-order valence-electron chi connectivity index (χ4n) is 4.60. The van der Waals surface area contributed by atoms with E-state index in [2.05, 4.69) is 19.2 Å². The smallest absolute Gasteiger partial charge is 0.0661 e.